The summed E-state index contributed by atoms with van der Waals surface area (Å²) in [6, 6.07) is 20.6. The third-order valence-corrected chi connectivity index (χ3v) is 5.61. The minimum atomic E-state index is -0.394. The number of aromatic nitrogens is 5. The Labute approximate surface area is 194 Å². The highest BCUT2D eigenvalue weighted by Gasteiger charge is 2.20. The third kappa shape index (κ3) is 3.63. The molecule has 2 aromatic carbocycles. The number of pyridine rings is 1. The molecule has 3 aromatic heterocycles. The van der Waals surface area contributed by atoms with E-state index in [1.54, 1.807) is 10.8 Å². The number of hydrogen-bond acceptors (Lipinski definition) is 7. The van der Waals surface area contributed by atoms with Gasteiger partial charge in [0.05, 0.1) is 23.3 Å². The molecule has 9 heteroatoms. The van der Waals surface area contributed by atoms with Crippen molar-refractivity contribution in [3.63, 3.8) is 0 Å². The zero-order valence-electron chi connectivity index (χ0n) is 18.2. The molecule has 0 saturated carbocycles. The van der Waals surface area contributed by atoms with Crippen molar-refractivity contribution in [3.05, 3.63) is 94.7 Å². The molecular formula is C25H20N8O. The molecule has 5 aromatic rings. The number of nitrogens with two attached hydrogens (primary N) is 1. The first-order valence-electron chi connectivity index (χ1n) is 10.6. The topological polar surface area (TPSA) is 138 Å². The Morgan fingerprint density at radius 3 is 2.71 bits per heavy atom. The molecule has 5 rings (SSSR count). The number of nitriles is 1. The second kappa shape index (κ2) is 8.52. The van der Waals surface area contributed by atoms with Crippen LogP contribution in [-0.2, 0) is 0 Å². The number of anilines is 2. The van der Waals surface area contributed by atoms with Crippen molar-refractivity contribution in [3.8, 4) is 23.0 Å². The van der Waals surface area contributed by atoms with Gasteiger partial charge in [0.25, 0.3) is 5.56 Å². The molecular weight excluding hydrogens is 428 g/mol. The van der Waals surface area contributed by atoms with E-state index in [4.69, 9.17) is 5.73 Å². The Hall–Kier alpha value is -4.97. The lowest BCUT2D eigenvalue weighted by Gasteiger charge is -2.22. The van der Waals surface area contributed by atoms with Crippen molar-refractivity contribution in [2.75, 3.05) is 11.1 Å². The van der Waals surface area contributed by atoms with Gasteiger partial charge in [-0.25, -0.2) is 4.98 Å². The number of rotatable bonds is 5. The summed E-state index contributed by atoms with van der Waals surface area (Å²) < 4.78 is 1.68. The molecule has 4 N–H and O–H groups in total. The molecule has 3 heterocycles. The standard InChI is InChI=1S/C25H20N8O/c1-15(30-23-17(13-26)14-28-25(27)31-23)21-12-16-6-5-9-19(20-10-11-29-32-20)22(16)24(34)33(21)18-7-3-2-4-8-18/h2-12,14-15H,1H3,(H,29,32)(H3,27,28,30,31)/t15-/m0/s1. The van der Waals surface area contributed by atoms with Crippen LogP contribution in [0, 0.1) is 11.3 Å². The van der Waals surface area contributed by atoms with Crippen LogP contribution in [0.15, 0.2) is 77.9 Å². The smallest absolute Gasteiger partial charge is 0.263 e. The number of benzene rings is 2. The Morgan fingerprint density at radius 2 is 1.97 bits per heavy atom. The van der Waals surface area contributed by atoms with Gasteiger partial charge in [-0.1, -0.05) is 36.4 Å². The van der Waals surface area contributed by atoms with Crippen LogP contribution < -0.4 is 16.6 Å². The van der Waals surface area contributed by atoms with Gasteiger partial charge in [0, 0.05) is 23.1 Å². The van der Waals surface area contributed by atoms with E-state index in [2.05, 4.69) is 31.6 Å². The molecule has 166 valence electrons. The molecule has 0 fully saturated rings. The van der Waals surface area contributed by atoms with Crippen molar-refractivity contribution >= 4 is 22.5 Å². The first-order valence-corrected chi connectivity index (χ1v) is 10.6. The predicted molar refractivity (Wildman–Crippen MR) is 130 cm³/mol. The molecule has 0 aliphatic carbocycles. The summed E-state index contributed by atoms with van der Waals surface area (Å²) in [7, 11) is 0. The number of H-pyrrole nitrogens is 1. The van der Waals surface area contributed by atoms with Crippen molar-refractivity contribution in [2.45, 2.75) is 13.0 Å². The molecule has 0 aliphatic rings. The van der Waals surface area contributed by atoms with Crippen molar-refractivity contribution in [2.24, 2.45) is 0 Å². The van der Waals surface area contributed by atoms with Gasteiger partial charge in [0.1, 0.15) is 17.5 Å². The second-order valence-corrected chi connectivity index (χ2v) is 7.75. The van der Waals surface area contributed by atoms with Crippen LogP contribution in [0.4, 0.5) is 11.8 Å². The van der Waals surface area contributed by atoms with Crippen molar-refractivity contribution in [1.82, 2.24) is 24.7 Å². The Balaban J connectivity index is 1.74. The van der Waals surface area contributed by atoms with Crippen LogP contribution in [-0.4, -0.2) is 24.7 Å². The fourth-order valence-corrected chi connectivity index (χ4v) is 4.04. The Kier molecular flexibility index (Phi) is 5.24. The van der Waals surface area contributed by atoms with Crippen LogP contribution in [0.5, 0.6) is 0 Å². The summed E-state index contributed by atoms with van der Waals surface area (Å²) in [5.41, 5.74) is 8.79. The van der Waals surface area contributed by atoms with E-state index in [-0.39, 0.29) is 17.1 Å². The molecule has 0 saturated heterocycles. The number of para-hydroxylation sites is 1. The minimum Gasteiger partial charge on any atom is -0.368 e. The van der Waals surface area contributed by atoms with E-state index in [0.29, 0.717) is 16.9 Å². The minimum absolute atomic E-state index is 0.0526. The number of nitrogens with zero attached hydrogens (tertiary/aromatic N) is 5. The lowest BCUT2D eigenvalue weighted by molar-refractivity contribution is 0.772. The van der Waals surface area contributed by atoms with Gasteiger partial charge < -0.3 is 11.1 Å². The van der Waals surface area contributed by atoms with E-state index in [9.17, 15) is 10.1 Å². The van der Waals surface area contributed by atoms with E-state index in [1.807, 2.05) is 67.6 Å². The van der Waals surface area contributed by atoms with Gasteiger partial charge in [-0.15, -0.1) is 0 Å². The van der Waals surface area contributed by atoms with Crippen molar-refractivity contribution < 1.29 is 0 Å². The number of nitrogens with one attached hydrogen (secondary N) is 2. The third-order valence-electron chi connectivity index (χ3n) is 5.61. The van der Waals surface area contributed by atoms with Crippen molar-refractivity contribution in [1.29, 1.82) is 5.26 Å². The molecule has 34 heavy (non-hydrogen) atoms. The van der Waals surface area contributed by atoms with Crippen LogP contribution in [0.2, 0.25) is 0 Å². The van der Waals surface area contributed by atoms with Gasteiger partial charge >= 0.3 is 0 Å². The Bertz CT molecular complexity index is 1580. The molecule has 0 amide bonds. The summed E-state index contributed by atoms with van der Waals surface area (Å²) in [4.78, 5) is 22.1. The number of hydrogen-bond donors (Lipinski definition) is 3. The maximum atomic E-state index is 14.0. The number of nitrogen functional groups attached to an aromatic ring is 1. The summed E-state index contributed by atoms with van der Waals surface area (Å²) in [5.74, 6) is 0.359. The average Bonchev–Trinajstić information content (AvgIpc) is 3.39. The highest BCUT2D eigenvalue weighted by molar-refractivity contribution is 5.95. The van der Waals surface area contributed by atoms with Gasteiger partial charge in [-0.2, -0.15) is 15.3 Å². The Morgan fingerprint density at radius 1 is 1.15 bits per heavy atom. The zero-order chi connectivity index (χ0) is 23.7. The van der Waals surface area contributed by atoms with Crippen LogP contribution in [0.3, 0.4) is 0 Å². The van der Waals surface area contributed by atoms with E-state index in [0.717, 1.165) is 22.3 Å². The van der Waals surface area contributed by atoms with Gasteiger partial charge in [-0.3, -0.25) is 14.5 Å². The fourth-order valence-electron chi connectivity index (χ4n) is 4.04. The number of aromatic amines is 1. The highest BCUT2D eigenvalue weighted by atomic mass is 16.1. The molecule has 1 atom stereocenters. The summed E-state index contributed by atoms with van der Waals surface area (Å²) in [6.07, 6.45) is 3.03. The van der Waals surface area contributed by atoms with E-state index in [1.165, 1.54) is 6.20 Å². The first kappa shape index (κ1) is 20.9. The van der Waals surface area contributed by atoms with Gasteiger partial charge in [0.2, 0.25) is 5.95 Å². The summed E-state index contributed by atoms with van der Waals surface area (Å²) >= 11 is 0. The van der Waals surface area contributed by atoms with E-state index >= 15 is 0 Å². The average molecular weight is 448 g/mol. The molecule has 0 radical (unpaired) electrons. The first-order chi connectivity index (χ1) is 16.6. The maximum Gasteiger partial charge on any atom is 0.263 e. The molecule has 9 nitrogen and oxygen atoms in total. The van der Waals surface area contributed by atoms with Crippen LogP contribution in [0.1, 0.15) is 24.2 Å². The molecule has 0 aliphatic heterocycles. The van der Waals surface area contributed by atoms with E-state index < -0.39 is 6.04 Å². The number of fused-ring (bicyclic) bond motifs is 1. The summed E-state index contributed by atoms with van der Waals surface area (Å²) in [6.45, 7) is 1.90. The SMILES string of the molecule is C[C@H](Nc1nc(N)ncc1C#N)c1cc2cccc(-c3ccn[nH]3)c2c(=O)n1-c1ccccc1. The van der Waals surface area contributed by atoms with Gasteiger partial charge in [-0.05, 0) is 36.6 Å². The predicted octanol–water partition coefficient (Wildman–Crippen LogP) is 3.80. The highest BCUT2D eigenvalue weighted by Crippen LogP contribution is 2.29. The lowest BCUT2D eigenvalue weighted by atomic mass is 10.0. The largest absolute Gasteiger partial charge is 0.368 e. The zero-order valence-corrected chi connectivity index (χ0v) is 18.2. The summed E-state index contributed by atoms with van der Waals surface area (Å²) in [5, 5.41) is 21.0. The normalized spacial score (nSPS) is 11.8. The monoisotopic (exact) mass is 448 g/mol. The fraction of sp³-hybridized carbons (Fsp3) is 0.0800. The molecule has 0 unspecified atom stereocenters. The maximum absolute atomic E-state index is 14.0. The molecule has 0 bridgehead atoms. The van der Waals surface area contributed by atoms with Crippen LogP contribution >= 0.6 is 0 Å². The van der Waals surface area contributed by atoms with Crippen LogP contribution in [0.25, 0.3) is 27.7 Å². The quantitative estimate of drug-likeness (QED) is 0.372. The van der Waals surface area contributed by atoms with Gasteiger partial charge in [0.15, 0.2) is 0 Å². The second-order valence-electron chi connectivity index (χ2n) is 7.75. The lowest BCUT2D eigenvalue weighted by Crippen LogP contribution is -2.26. The molecule has 0 spiro atoms.